The van der Waals surface area contributed by atoms with Gasteiger partial charge in [0.2, 0.25) is 0 Å². The number of nitrogens with zero attached hydrogens (tertiary/aromatic N) is 2. The molecule has 102 valence electrons. The quantitative estimate of drug-likeness (QED) is 0.839. The third-order valence-corrected chi connectivity index (χ3v) is 3.23. The van der Waals surface area contributed by atoms with Gasteiger partial charge < -0.3 is 10.5 Å². The molecule has 0 saturated heterocycles. The molecular formula is C15H21N3O. The van der Waals surface area contributed by atoms with Gasteiger partial charge in [-0.15, -0.1) is 0 Å². The first-order valence-corrected chi connectivity index (χ1v) is 6.65. The maximum atomic E-state index is 5.93. The number of nitrogen functional groups attached to an aromatic ring is 1. The van der Waals surface area contributed by atoms with Gasteiger partial charge in [0.05, 0.1) is 12.3 Å². The predicted molar refractivity (Wildman–Crippen MR) is 78.2 cm³/mol. The van der Waals surface area contributed by atoms with Gasteiger partial charge in [-0.05, 0) is 37.6 Å². The van der Waals surface area contributed by atoms with Crippen molar-refractivity contribution in [2.75, 3.05) is 12.3 Å². The van der Waals surface area contributed by atoms with Gasteiger partial charge in [-0.2, -0.15) is 5.10 Å². The second-order valence-corrected chi connectivity index (χ2v) is 4.71. The monoisotopic (exact) mass is 259 g/mol. The lowest BCUT2D eigenvalue weighted by Crippen LogP contribution is -1.97. The minimum Gasteiger partial charge on any atom is -0.494 e. The minimum atomic E-state index is 0.707. The Morgan fingerprint density at radius 2 is 1.95 bits per heavy atom. The normalized spacial score (nSPS) is 10.7. The number of nitrogens with two attached hydrogens (primary N) is 1. The van der Waals surface area contributed by atoms with E-state index in [1.54, 1.807) is 4.68 Å². The summed E-state index contributed by atoms with van der Waals surface area (Å²) in [6, 6.07) is 8.01. The van der Waals surface area contributed by atoms with Crippen molar-refractivity contribution >= 4 is 5.82 Å². The van der Waals surface area contributed by atoms with E-state index in [2.05, 4.69) is 12.0 Å². The summed E-state index contributed by atoms with van der Waals surface area (Å²) >= 11 is 0. The number of hydrogen-bond acceptors (Lipinski definition) is 3. The Labute approximate surface area is 114 Å². The Kier molecular flexibility index (Phi) is 4.10. The molecule has 1 aromatic carbocycles. The molecule has 2 N–H and O–H groups in total. The predicted octanol–water partition coefficient (Wildman–Crippen LogP) is 3.16. The zero-order valence-corrected chi connectivity index (χ0v) is 11.8. The van der Waals surface area contributed by atoms with Crippen LogP contribution in [0.2, 0.25) is 0 Å². The average Bonchev–Trinajstić information content (AvgIpc) is 2.68. The Morgan fingerprint density at radius 1 is 1.26 bits per heavy atom. The first-order valence-electron chi connectivity index (χ1n) is 6.65. The smallest absolute Gasteiger partial charge is 0.124 e. The summed E-state index contributed by atoms with van der Waals surface area (Å²) in [6.45, 7) is 4.91. The Balaban J connectivity index is 2.15. The third-order valence-electron chi connectivity index (χ3n) is 3.23. The molecule has 2 rings (SSSR count). The highest BCUT2D eigenvalue weighted by Gasteiger charge is 2.11. The first kappa shape index (κ1) is 13.5. The molecule has 0 aliphatic heterocycles. The van der Waals surface area contributed by atoms with E-state index in [1.165, 1.54) is 0 Å². The van der Waals surface area contributed by atoms with Crippen LogP contribution in [0.15, 0.2) is 24.3 Å². The van der Waals surface area contributed by atoms with Crippen LogP contribution in [-0.4, -0.2) is 16.4 Å². The van der Waals surface area contributed by atoms with Crippen molar-refractivity contribution in [3.63, 3.8) is 0 Å². The summed E-state index contributed by atoms with van der Waals surface area (Å²) in [5.74, 6) is 1.61. The minimum absolute atomic E-state index is 0.707. The molecule has 1 aromatic heterocycles. The van der Waals surface area contributed by atoms with Gasteiger partial charge in [-0.1, -0.05) is 13.3 Å². The van der Waals surface area contributed by atoms with E-state index >= 15 is 0 Å². The van der Waals surface area contributed by atoms with Gasteiger partial charge in [0.25, 0.3) is 0 Å². The number of aryl methyl sites for hydroxylation is 1. The summed E-state index contributed by atoms with van der Waals surface area (Å²) in [7, 11) is 1.86. The fraction of sp³-hybridized carbons (Fsp3) is 0.400. The summed E-state index contributed by atoms with van der Waals surface area (Å²) in [6.07, 6.45) is 2.22. The van der Waals surface area contributed by atoms with Gasteiger partial charge in [-0.25, -0.2) is 0 Å². The number of aromatic nitrogens is 2. The molecule has 0 amide bonds. The van der Waals surface area contributed by atoms with Crippen molar-refractivity contribution in [2.24, 2.45) is 7.05 Å². The van der Waals surface area contributed by atoms with Crippen LogP contribution in [-0.2, 0) is 7.05 Å². The molecule has 0 saturated carbocycles. The topological polar surface area (TPSA) is 53.1 Å². The highest BCUT2D eigenvalue weighted by atomic mass is 16.5. The SMILES string of the molecule is CCCCOc1ccc(-c2nn(C)c(N)c2C)cc1. The van der Waals surface area contributed by atoms with E-state index in [4.69, 9.17) is 10.5 Å². The fourth-order valence-corrected chi connectivity index (χ4v) is 1.96. The van der Waals surface area contributed by atoms with E-state index in [0.29, 0.717) is 5.82 Å². The molecule has 19 heavy (non-hydrogen) atoms. The summed E-state index contributed by atoms with van der Waals surface area (Å²) in [5, 5.41) is 4.44. The lowest BCUT2D eigenvalue weighted by Gasteiger charge is -2.06. The molecule has 0 aliphatic carbocycles. The zero-order valence-electron chi connectivity index (χ0n) is 11.8. The number of anilines is 1. The molecule has 0 spiro atoms. The molecule has 0 fully saturated rings. The molecule has 0 bridgehead atoms. The number of unbranched alkanes of at least 4 members (excludes halogenated alkanes) is 1. The molecule has 0 unspecified atom stereocenters. The van der Waals surface area contributed by atoms with Gasteiger partial charge in [0.15, 0.2) is 0 Å². The molecule has 4 nitrogen and oxygen atoms in total. The Hall–Kier alpha value is -1.97. The van der Waals surface area contributed by atoms with Gasteiger partial charge in [-0.3, -0.25) is 4.68 Å². The molecule has 2 aromatic rings. The van der Waals surface area contributed by atoms with Crippen LogP contribution < -0.4 is 10.5 Å². The number of hydrogen-bond donors (Lipinski definition) is 1. The van der Waals surface area contributed by atoms with Crippen molar-refractivity contribution in [3.8, 4) is 17.0 Å². The van der Waals surface area contributed by atoms with Crippen molar-refractivity contribution in [1.82, 2.24) is 9.78 Å². The van der Waals surface area contributed by atoms with Crippen LogP contribution in [0.3, 0.4) is 0 Å². The number of benzene rings is 1. The van der Waals surface area contributed by atoms with Gasteiger partial charge >= 0.3 is 0 Å². The average molecular weight is 259 g/mol. The first-order chi connectivity index (χ1) is 9.13. The van der Waals surface area contributed by atoms with Gasteiger partial charge in [0.1, 0.15) is 11.6 Å². The van der Waals surface area contributed by atoms with Crippen LogP contribution in [0, 0.1) is 6.92 Å². The third kappa shape index (κ3) is 2.89. The number of rotatable bonds is 5. The fourth-order valence-electron chi connectivity index (χ4n) is 1.96. The molecule has 0 radical (unpaired) electrons. The van der Waals surface area contributed by atoms with Crippen LogP contribution in [0.5, 0.6) is 5.75 Å². The number of ether oxygens (including phenoxy) is 1. The summed E-state index contributed by atoms with van der Waals surface area (Å²) in [5.41, 5.74) is 8.94. The Morgan fingerprint density at radius 3 is 2.47 bits per heavy atom. The van der Waals surface area contributed by atoms with Gasteiger partial charge in [0, 0.05) is 18.2 Å². The summed E-state index contributed by atoms with van der Waals surface area (Å²) in [4.78, 5) is 0. The second kappa shape index (κ2) is 5.78. The largest absolute Gasteiger partial charge is 0.494 e. The van der Waals surface area contributed by atoms with Crippen LogP contribution >= 0.6 is 0 Å². The van der Waals surface area contributed by atoms with E-state index < -0.39 is 0 Å². The van der Waals surface area contributed by atoms with Crippen molar-refractivity contribution in [1.29, 1.82) is 0 Å². The Bertz CT molecular complexity index is 543. The van der Waals surface area contributed by atoms with Crippen molar-refractivity contribution in [2.45, 2.75) is 26.7 Å². The van der Waals surface area contributed by atoms with Crippen molar-refractivity contribution < 1.29 is 4.74 Å². The second-order valence-electron chi connectivity index (χ2n) is 4.71. The molecule has 0 atom stereocenters. The highest BCUT2D eigenvalue weighted by molar-refractivity contribution is 5.68. The lowest BCUT2D eigenvalue weighted by molar-refractivity contribution is 0.309. The van der Waals surface area contributed by atoms with E-state index in [9.17, 15) is 0 Å². The van der Waals surface area contributed by atoms with Crippen LogP contribution in [0.1, 0.15) is 25.3 Å². The molecule has 4 heteroatoms. The standard InChI is InChI=1S/C15H21N3O/c1-4-5-10-19-13-8-6-12(7-9-13)14-11(2)15(16)18(3)17-14/h6-9H,4-5,10,16H2,1-3H3. The maximum absolute atomic E-state index is 5.93. The van der Waals surface area contributed by atoms with Crippen LogP contribution in [0.4, 0.5) is 5.82 Å². The zero-order chi connectivity index (χ0) is 13.8. The maximum Gasteiger partial charge on any atom is 0.124 e. The lowest BCUT2D eigenvalue weighted by atomic mass is 10.1. The van der Waals surface area contributed by atoms with E-state index in [1.807, 2.05) is 38.2 Å². The summed E-state index contributed by atoms with van der Waals surface area (Å²) < 4.78 is 7.35. The van der Waals surface area contributed by atoms with Crippen molar-refractivity contribution in [3.05, 3.63) is 29.8 Å². The molecule has 1 heterocycles. The van der Waals surface area contributed by atoms with Crippen LogP contribution in [0.25, 0.3) is 11.3 Å². The molecular weight excluding hydrogens is 238 g/mol. The van der Waals surface area contributed by atoms with E-state index in [0.717, 1.165) is 42.0 Å². The molecule has 0 aliphatic rings. The van der Waals surface area contributed by atoms with E-state index in [-0.39, 0.29) is 0 Å². The highest BCUT2D eigenvalue weighted by Crippen LogP contribution is 2.27.